The highest BCUT2D eigenvalue weighted by Gasteiger charge is 2.27. The van der Waals surface area contributed by atoms with E-state index in [9.17, 15) is 9.59 Å². The summed E-state index contributed by atoms with van der Waals surface area (Å²) in [5.41, 5.74) is 1.78. The van der Waals surface area contributed by atoms with Crippen LogP contribution in [0.4, 0.5) is 5.69 Å². The molecule has 0 spiro atoms. The molecule has 150 valence electrons. The molecule has 0 saturated carbocycles. The second-order valence-corrected chi connectivity index (χ2v) is 6.62. The first-order chi connectivity index (χ1) is 13.6. The normalized spacial score (nSPS) is 12.9. The molecule has 1 aliphatic rings. The van der Waals surface area contributed by atoms with Crippen molar-refractivity contribution in [3.05, 3.63) is 41.5 Å². The van der Waals surface area contributed by atoms with Crippen LogP contribution in [0.1, 0.15) is 46.1 Å². The second-order valence-electron chi connectivity index (χ2n) is 6.62. The fraction of sp³-hybridized carbons (Fsp3) is 0.450. The summed E-state index contributed by atoms with van der Waals surface area (Å²) in [6, 6.07) is 7.08. The minimum Gasteiger partial charge on any atom is -0.497 e. The van der Waals surface area contributed by atoms with Gasteiger partial charge >= 0.3 is 0 Å². The Morgan fingerprint density at radius 3 is 2.64 bits per heavy atom. The van der Waals surface area contributed by atoms with Gasteiger partial charge in [-0.05, 0) is 49.9 Å². The average molecular weight is 386 g/mol. The average Bonchev–Trinajstić information content (AvgIpc) is 3.11. The number of fused-ring (bicyclic) bond motifs is 1. The Hall–Kier alpha value is -2.87. The Kier molecular flexibility index (Phi) is 6.65. The Balaban J connectivity index is 1.77. The predicted octanol–water partition coefficient (Wildman–Crippen LogP) is 2.25. The van der Waals surface area contributed by atoms with E-state index < -0.39 is 0 Å². The van der Waals surface area contributed by atoms with E-state index >= 15 is 0 Å². The third-order valence-electron chi connectivity index (χ3n) is 4.69. The van der Waals surface area contributed by atoms with Gasteiger partial charge in [-0.25, -0.2) is 4.98 Å². The summed E-state index contributed by atoms with van der Waals surface area (Å²) >= 11 is 0. The molecule has 0 saturated heterocycles. The SMILES string of the molecule is COCCCNC(=O)c1nc(C(=O)Nc2ccc(OC)cc2)c2n1CCCC2. The van der Waals surface area contributed by atoms with Crippen molar-refractivity contribution in [2.24, 2.45) is 0 Å². The molecule has 0 bridgehead atoms. The summed E-state index contributed by atoms with van der Waals surface area (Å²) in [5.74, 6) is 0.439. The van der Waals surface area contributed by atoms with Crippen LogP contribution in [-0.4, -0.2) is 48.7 Å². The smallest absolute Gasteiger partial charge is 0.287 e. The maximum absolute atomic E-state index is 12.8. The number of hydrogen-bond acceptors (Lipinski definition) is 5. The van der Waals surface area contributed by atoms with Crippen LogP contribution in [0.25, 0.3) is 0 Å². The number of carbonyl (C=O) groups is 2. The molecule has 1 aliphatic heterocycles. The van der Waals surface area contributed by atoms with E-state index in [0.29, 0.717) is 42.7 Å². The van der Waals surface area contributed by atoms with Gasteiger partial charge < -0.3 is 24.7 Å². The minimum absolute atomic E-state index is 0.261. The zero-order chi connectivity index (χ0) is 19.9. The highest BCUT2D eigenvalue weighted by molar-refractivity contribution is 6.05. The van der Waals surface area contributed by atoms with Crippen LogP contribution in [0.3, 0.4) is 0 Å². The first-order valence-corrected chi connectivity index (χ1v) is 9.46. The lowest BCUT2D eigenvalue weighted by molar-refractivity contribution is 0.0932. The molecule has 28 heavy (non-hydrogen) atoms. The van der Waals surface area contributed by atoms with E-state index in [4.69, 9.17) is 9.47 Å². The highest BCUT2D eigenvalue weighted by Crippen LogP contribution is 2.23. The number of rotatable bonds is 8. The van der Waals surface area contributed by atoms with Crippen molar-refractivity contribution in [2.45, 2.75) is 32.2 Å². The summed E-state index contributed by atoms with van der Waals surface area (Å²) in [6.07, 6.45) is 3.40. The number of methoxy groups -OCH3 is 2. The van der Waals surface area contributed by atoms with Gasteiger partial charge in [0.15, 0.2) is 11.5 Å². The van der Waals surface area contributed by atoms with Crippen LogP contribution < -0.4 is 15.4 Å². The molecule has 2 amide bonds. The predicted molar refractivity (Wildman–Crippen MR) is 105 cm³/mol. The fourth-order valence-electron chi connectivity index (χ4n) is 3.26. The van der Waals surface area contributed by atoms with E-state index in [2.05, 4.69) is 15.6 Å². The minimum atomic E-state index is -0.311. The standard InChI is InChI=1S/C20H26N4O4/c1-27-13-5-11-21-20(26)18-23-17(16-6-3-4-12-24(16)18)19(25)22-14-7-9-15(28-2)10-8-14/h7-10H,3-6,11-13H2,1-2H3,(H,21,26)(H,22,25). The Labute approximate surface area is 164 Å². The largest absolute Gasteiger partial charge is 0.497 e. The Bertz CT molecular complexity index is 829. The van der Waals surface area contributed by atoms with E-state index in [1.54, 1.807) is 38.5 Å². The molecule has 0 atom stereocenters. The summed E-state index contributed by atoms with van der Waals surface area (Å²) < 4.78 is 12.0. The van der Waals surface area contributed by atoms with Crippen LogP contribution >= 0.6 is 0 Å². The van der Waals surface area contributed by atoms with Crippen molar-refractivity contribution in [3.63, 3.8) is 0 Å². The topological polar surface area (TPSA) is 94.5 Å². The molecule has 3 rings (SSSR count). The van der Waals surface area contributed by atoms with Crippen molar-refractivity contribution in [2.75, 3.05) is 32.7 Å². The lowest BCUT2D eigenvalue weighted by atomic mass is 10.1. The summed E-state index contributed by atoms with van der Waals surface area (Å²) in [6.45, 7) is 1.77. The van der Waals surface area contributed by atoms with Gasteiger partial charge in [0.25, 0.3) is 11.8 Å². The molecule has 8 heteroatoms. The molecule has 0 unspecified atom stereocenters. The van der Waals surface area contributed by atoms with Crippen molar-refractivity contribution in [3.8, 4) is 5.75 Å². The molecular formula is C20H26N4O4. The van der Waals surface area contributed by atoms with E-state index in [0.717, 1.165) is 31.4 Å². The Morgan fingerprint density at radius 1 is 1.14 bits per heavy atom. The number of imidazole rings is 1. The van der Waals surface area contributed by atoms with Gasteiger partial charge in [0.05, 0.1) is 12.8 Å². The Morgan fingerprint density at radius 2 is 1.93 bits per heavy atom. The quantitative estimate of drug-likeness (QED) is 0.679. The second kappa shape index (κ2) is 9.36. The van der Waals surface area contributed by atoms with Crippen LogP contribution in [0.2, 0.25) is 0 Å². The number of anilines is 1. The maximum Gasteiger partial charge on any atom is 0.287 e. The van der Waals surface area contributed by atoms with Gasteiger partial charge in [-0.2, -0.15) is 0 Å². The summed E-state index contributed by atoms with van der Waals surface area (Å²) in [4.78, 5) is 29.8. The molecule has 0 aliphatic carbocycles. The summed E-state index contributed by atoms with van der Waals surface area (Å²) in [7, 11) is 3.22. The van der Waals surface area contributed by atoms with Crippen molar-refractivity contribution < 1.29 is 19.1 Å². The molecule has 2 heterocycles. The van der Waals surface area contributed by atoms with Crippen LogP contribution in [0.5, 0.6) is 5.75 Å². The fourth-order valence-corrected chi connectivity index (χ4v) is 3.26. The molecule has 1 aromatic heterocycles. The molecule has 8 nitrogen and oxygen atoms in total. The maximum atomic E-state index is 12.8. The zero-order valence-corrected chi connectivity index (χ0v) is 16.3. The zero-order valence-electron chi connectivity index (χ0n) is 16.3. The lowest BCUT2D eigenvalue weighted by Crippen LogP contribution is -2.29. The van der Waals surface area contributed by atoms with Crippen LogP contribution in [0.15, 0.2) is 24.3 Å². The lowest BCUT2D eigenvalue weighted by Gasteiger charge is -2.17. The van der Waals surface area contributed by atoms with Gasteiger partial charge in [0.1, 0.15) is 5.75 Å². The molecular weight excluding hydrogens is 360 g/mol. The number of nitrogens with one attached hydrogen (secondary N) is 2. The van der Waals surface area contributed by atoms with Gasteiger partial charge in [0.2, 0.25) is 0 Å². The van der Waals surface area contributed by atoms with E-state index in [1.807, 2.05) is 4.57 Å². The van der Waals surface area contributed by atoms with Crippen LogP contribution in [-0.2, 0) is 17.7 Å². The van der Waals surface area contributed by atoms with E-state index in [1.165, 1.54) is 0 Å². The molecule has 0 fully saturated rings. The molecule has 0 radical (unpaired) electrons. The van der Waals surface area contributed by atoms with Gasteiger partial charge in [-0.3, -0.25) is 9.59 Å². The number of nitrogens with zero attached hydrogens (tertiary/aromatic N) is 2. The summed E-state index contributed by atoms with van der Waals surface area (Å²) in [5, 5.41) is 5.70. The third-order valence-corrected chi connectivity index (χ3v) is 4.69. The number of hydrogen-bond donors (Lipinski definition) is 2. The highest BCUT2D eigenvalue weighted by atomic mass is 16.5. The number of amides is 2. The van der Waals surface area contributed by atoms with Crippen LogP contribution in [0, 0.1) is 0 Å². The first-order valence-electron chi connectivity index (χ1n) is 9.46. The molecule has 2 N–H and O–H groups in total. The van der Waals surface area contributed by atoms with Crippen molar-refractivity contribution in [1.29, 1.82) is 0 Å². The van der Waals surface area contributed by atoms with Gasteiger partial charge in [-0.15, -0.1) is 0 Å². The monoisotopic (exact) mass is 386 g/mol. The first kappa shape index (κ1) is 19.9. The third kappa shape index (κ3) is 4.51. The molecule has 2 aromatic rings. The van der Waals surface area contributed by atoms with Crippen molar-refractivity contribution in [1.82, 2.24) is 14.9 Å². The van der Waals surface area contributed by atoms with Gasteiger partial charge in [0, 0.05) is 32.5 Å². The van der Waals surface area contributed by atoms with Crippen molar-refractivity contribution >= 4 is 17.5 Å². The van der Waals surface area contributed by atoms with E-state index in [-0.39, 0.29) is 11.8 Å². The number of aromatic nitrogens is 2. The molecule has 1 aromatic carbocycles. The number of ether oxygens (including phenoxy) is 2. The number of benzene rings is 1. The number of carbonyl (C=O) groups excluding carboxylic acids is 2. The van der Waals surface area contributed by atoms with Gasteiger partial charge in [-0.1, -0.05) is 0 Å².